The van der Waals surface area contributed by atoms with Gasteiger partial charge in [-0.2, -0.15) is 0 Å². The van der Waals surface area contributed by atoms with Crippen LogP contribution in [0.25, 0.3) is 0 Å². The van der Waals surface area contributed by atoms with Gasteiger partial charge in [-0.05, 0) is 55.9 Å². The molecule has 2 aromatic rings. The number of carbonyl (C=O) groups is 2. The molecule has 2 heterocycles. The standard InChI is InChI=1S/2C14H18O3/c1-5-11-9(3)10-7-6-8(2)13(16-4)12(10)14(15)17-11;1-5-10-9(3)17-14(15)12-11(10)7-6-8(2)13(12)16-4/h6-7,9,11H,5H2,1-4H3;6-7,9-10H,5H2,1-4H3/t9-,11+;9-,10-/m01/s1. The molecule has 4 rings (SSSR count). The van der Waals surface area contributed by atoms with Gasteiger partial charge in [-0.1, -0.05) is 45.0 Å². The average molecular weight is 469 g/mol. The number of rotatable bonds is 4. The molecule has 2 aliphatic heterocycles. The lowest BCUT2D eigenvalue weighted by Crippen LogP contribution is -2.30. The van der Waals surface area contributed by atoms with Crippen LogP contribution in [0.2, 0.25) is 0 Å². The van der Waals surface area contributed by atoms with E-state index >= 15 is 0 Å². The second kappa shape index (κ2) is 10.5. The molecule has 6 nitrogen and oxygen atoms in total. The van der Waals surface area contributed by atoms with Crippen LogP contribution in [-0.4, -0.2) is 38.4 Å². The minimum atomic E-state index is -0.266. The topological polar surface area (TPSA) is 71.1 Å². The average Bonchev–Trinajstić information content (AvgIpc) is 2.82. The van der Waals surface area contributed by atoms with E-state index in [1.807, 2.05) is 52.0 Å². The van der Waals surface area contributed by atoms with Gasteiger partial charge in [0, 0.05) is 11.8 Å². The summed E-state index contributed by atoms with van der Waals surface area (Å²) in [5.74, 6) is 1.26. The van der Waals surface area contributed by atoms with Crippen molar-refractivity contribution >= 4 is 11.9 Å². The Morgan fingerprint density at radius 3 is 1.76 bits per heavy atom. The molecule has 4 atom stereocenters. The van der Waals surface area contributed by atoms with E-state index in [2.05, 4.69) is 13.8 Å². The fraction of sp³-hybridized carbons (Fsp3) is 0.500. The van der Waals surface area contributed by atoms with Crippen LogP contribution in [-0.2, 0) is 9.47 Å². The number of benzene rings is 2. The molecule has 0 unspecified atom stereocenters. The van der Waals surface area contributed by atoms with Gasteiger partial charge in [0.2, 0.25) is 0 Å². The van der Waals surface area contributed by atoms with Crippen molar-refractivity contribution in [3.63, 3.8) is 0 Å². The second-order valence-corrected chi connectivity index (χ2v) is 9.03. The van der Waals surface area contributed by atoms with Crippen molar-refractivity contribution in [3.8, 4) is 11.5 Å². The van der Waals surface area contributed by atoms with Gasteiger partial charge in [-0.25, -0.2) is 9.59 Å². The van der Waals surface area contributed by atoms with E-state index in [1.165, 1.54) is 0 Å². The number of hydrogen-bond donors (Lipinski definition) is 0. The van der Waals surface area contributed by atoms with Crippen molar-refractivity contribution in [1.82, 2.24) is 0 Å². The molecule has 0 spiro atoms. The summed E-state index contributed by atoms with van der Waals surface area (Å²) >= 11 is 0. The van der Waals surface area contributed by atoms with E-state index in [0.29, 0.717) is 22.6 Å². The zero-order valence-corrected chi connectivity index (χ0v) is 21.5. The molecule has 0 saturated carbocycles. The monoisotopic (exact) mass is 468 g/mol. The van der Waals surface area contributed by atoms with Gasteiger partial charge in [-0.15, -0.1) is 0 Å². The molecule has 0 aromatic heterocycles. The van der Waals surface area contributed by atoms with Gasteiger partial charge >= 0.3 is 11.9 Å². The Kier molecular flexibility index (Phi) is 7.90. The Labute approximate surface area is 202 Å². The Hall–Kier alpha value is -3.02. The maximum absolute atomic E-state index is 12.0. The van der Waals surface area contributed by atoms with Crippen molar-refractivity contribution in [2.45, 2.75) is 78.4 Å². The summed E-state index contributed by atoms with van der Waals surface area (Å²) in [7, 11) is 3.18. The molecule has 184 valence electrons. The number of esters is 2. The number of hydrogen-bond acceptors (Lipinski definition) is 6. The molecule has 0 N–H and O–H groups in total. The minimum absolute atomic E-state index is 0.0255. The molecule has 0 aliphatic carbocycles. The van der Waals surface area contributed by atoms with Crippen molar-refractivity contribution in [3.05, 3.63) is 57.6 Å². The molecule has 0 bridgehead atoms. The number of carbonyl (C=O) groups excluding carboxylic acids is 2. The molecule has 0 radical (unpaired) electrons. The second-order valence-electron chi connectivity index (χ2n) is 9.03. The lowest BCUT2D eigenvalue weighted by Gasteiger charge is -2.31. The third-order valence-corrected chi connectivity index (χ3v) is 7.00. The van der Waals surface area contributed by atoms with Crippen LogP contribution in [0.4, 0.5) is 0 Å². The number of methoxy groups -OCH3 is 2. The van der Waals surface area contributed by atoms with Crippen molar-refractivity contribution < 1.29 is 28.5 Å². The predicted octanol–water partition coefficient (Wildman–Crippen LogP) is 6.11. The lowest BCUT2D eigenvalue weighted by atomic mass is 9.85. The normalized spacial score (nSPS) is 22.9. The van der Waals surface area contributed by atoms with E-state index in [4.69, 9.17) is 18.9 Å². The molecule has 0 fully saturated rings. The first-order valence-corrected chi connectivity index (χ1v) is 12.0. The summed E-state index contributed by atoms with van der Waals surface area (Å²) < 4.78 is 21.5. The number of cyclic esters (lactones) is 2. The van der Waals surface area contributed by atoms with E-state index in [-0.39, 0.29) is 36.0 Å². The fourth-order valence-electron chi connectivity index (χ4n) is 5.09. The van der Waals surface area contributed by atoms with E-state index in [0.717, 1.165) is 35.1 Å². The first-order valence-electron chi connectivity index (χ1n) is 12.0. The van der Waals surface area contributed by atoms with Gasteiger partial charge in [0.05, 0.1) is 14.2 Å². The van der Waals surface area contributed by atoms with Crippen molar-refractivity contribution in [2.24, 2.45) is 0 Å². The van der Waals surface area contributed by atoms with Crippen LogP contribution in [0.5, 0.6) is 11.5 Å². The first kappa shape index (κ1) is 25.6. The van der Waals surface area contributed by atoms with Crippen LogP contribution in [0.1, 0.15) is 95.3 Å². The van der Waals surface area contributed by atoms with Crippen molar-refractivity contribution in [1.29, 1.82) is 0 Å². The van der Waals surface area contributed by atoms with Gasteiger partial charge < -0.3 is 18.9 Å². The molecule has 2 aliphatic rings. The van der Waals surface area contributed by atoms with Crippen LogP contribution in [0.3, 0.4) is 0 Å². The summed E-state index contributed by atoms with van der Waals surface area (Å²) in [6.07, 6.45) is 1.70. The van der Waals surface area contributed by atoms with Gasteiger partial charge in [0.25, 0.3) is 0 Å². The van der Waals surface area contributed by atoms with E-state index in [1.54, 1.807) is 14.2 Å². The highest BCUT2D eigenvalue weighted by molar-refractivity contribution is 5.97. The molecule has 0 amide bonds. The highest BCUT2D eigenvalue weighted by Crippen LogP contribution is 2.40. The van der Waals surface area contributed by atoms with Crippen LogP contribution >= 0.6 is 0 Å². The number of ether oxygens (including phenoxy) is 4. The molecular weight excluding hydrogens is 432 g/mol. The maximum atomic E-state index is 12.0. The van der Waals surface area contributed by atoms with E-state index in [9.17, 15) is 9.59 Å². The quantitative estimate of drug-likeness (QED) is 0.504. The zero-order chi connectivity index (χ0) is 25.2. The SMILES string of the molecule is CC[C@H]1OC(=O)c2c(ccc(C)c2OC)[C@@H]1C.CC[C@H]1c2ccc(C)c(OC)c2C(=O)O[C@@H]1C. The summed E-state index contributed by atoms with van der Waals surface area (Å²) in [5, 5.41) is 0. The summed E-state index contributed by atoms with van der Waals surface area (Å²) in [6, 6.07) is 8.05. The Bertz CT molecular complexity index is 1070. The van der Waals surface area contributed by atoms with E-state index < -0.39 is 0 Å². The predicted molar refractivity (Wildman–Crippen MR) is 131 cm³/mol. The van der Waals surface area contributed by atoms with Gasteiger partial charge in [0.1, 0.15) is 34.8 Å². The minimum Gasteiger partial charge on any atom is -0.496 e. The smallest absolute Gasteiger partial charge is 0.342 e. The number of fused-ring (bicyclic) bond motifs is 2. The third kappa shape index (κ3) is 4.50. The highest BCUT2D eigenvalue weighted by Gasteiger charge is 2.35. The maximum Gasteiger partial charge on any atom is 0.342 e. The largest absolute Gasteiger partial charge is 0.496 e. The van der Waals surface area contributed by atoms with Crippen LogP contribution in [0, 0.1) is 13.8 Å². The molecular formula is C28H36O6. The zero-order valence-electron chi connectivity index (χ0n) is 21.5. The Morgan fingerprint density at radius 1 is 0.765 bits per heavy atom. The van der Waals surface area contributed by atoms with Gasteiger partial charge in [0.15, 0.2) is 0 Å². The van der Waals surface area contributed by atoms with Gasteiger partial charge in [-0.3, -0.25) is 0 Å². The first-order chi connectivity index (χ1) is 16.2. The Balaban J connectivity index is 0.000000191. The lowest BCUT2D eigenvalue weighted by molar-refractivity contribution is 0.0174. The Morgan fingerprint density at radius 2 is 1.26 bits per heavy atom. The van der Waals surface area contributed by atoms with Crippen molar-refractivity contribution in [2.75, 3.05) is 14.2 Å². The van der Waals surface area contributed by atoms with Crippen LogP contribution < -0.4 is 9.47 Å². The molecule has 2 aromatic carbocycles. The summed E-state index contributed by atoms with van der Waals surface area (Å²) in [5.41, 5.74) is 5.23. The number of aryl methyl sites for hydroxylation is 2. The highest BCUT2D eigenvalue weighted by atomic mass is 16.6. The van der Waals surface area contributed by atoms with Crippen LogP contribution in [0.15, 0.2) is 24.3 Å². The summed E-state index contributed by atoms with van der Waals surface area (Å²) in [4.78, 5) is 24.0. The molecule has 0 saturated heterocycles. The molecule has 6 heteroatoms. The fourth-order valence-corrected chi connectivity index (χ4v) is 5.09. The third-order valence-electron chi connectivity index (χ3n) is 7.00. The summed E-state index contributed by atoms with van der Waals surface area (Å²) in [6.45, 7) is 12.0. The molecule has 34 heavy (non-hydrogen) atoms.